The Morgan fingerprint density at radius 2 is 1.75 bits per heavy atom. The maximum Gasteiger partial charge on any atom is 0.126 e. The van der Waals surface area contributed by atoms with Crippen LogP contribution in [0.3, 0.4) is 0 Å². The average molecular weight is 282 g/mol. The van der Waals surface area contributed by atoms with Gasteiger partial charge in [-0.25, -0.2) is 8.78 Å². The third-order valence-electron chi connectivity index (χ3n) is 4.41. The Morgan fingerprint density at radius 1 is 1.20 bits per heavy atom. The largest absolute Gasteiger partial charge is 0.310 e. The lowest BCUT2D eigenvalue weighted by Gasteiger charge is -2.38. The van der Waals surface area contributed by atoms with Crippen LogP contribution in [0.5, 0.6) is 0 Å². The standard InChI is InChI=1S/C16H24F2N2/c1-12(13-8-14(17)10-15(18)9-13)19-11-16(2)4-6-20(3)7-5-16/h8-10,12,19H,4-7,11H2,1-3H3. The number of hydrogen-bond donors (Lipinski definition) is 1. The highest BCUT2D eigenvalue weighted by Crippen LogP contribution is 2.30. The van der Waals surface area contributed by atoms with E-state index < -0.39 is 11.6 Å². The molecular formula is C16H24F2N2. The lowest BCUT2D eigenvalue weighted by atomic mass is 9.80. The van der Waals surface area contributed by atoms with Crippen molar-refractivity contribution in [3.63, 3.8) is 0 Å². The molecule has 112 valence electrons. The summed E-state index contributed by atoms with van der Waals surface area (Å²) in [5, 5.41) is 3.43. The number of hydrogen-bond acceptors (Lipinski definition) is 2. The van der Waals surface area contributed by atoms with Crippen molar-refractivity contribution in [1.82, 2.24) is 10.2 Å². The SMILES string of the molecule is CC(NCC1(C)CCN(C)CC1)c1cc(F)cc(F)c1. The fourth-order valence-electron chi connectivity index (χ4n) is 2.68. The Labute approximate surface area is 120 Å². The molecule has 1 aliphatic heterocycles. The molecule has 1 aliphatic rings. The molecule has 4 heteroatoms. The molecular weight excluding hydrogens is 258 g/mol. The molecule has 0 aliphatic carbocycles. The molecule has 0 bridgehead atoms. The fraction of sp³-hybridized carbons (Fsp3) is 0.625. The van der Waals surface area contributed by atoms with Gasteiger partial charge in [0.25, 0.3) is 0 Å². The van der Waals surface area contributed by atoms with E-state index in [4.69, 9.17) is 0 Å². The normalized spacial score (nSPS) is 20.9. The van der Waals surface area contributed by atoms with E-state index in [2.05, 4.69) is 24.2 Å². The summed E-state index contributed by atoms with van der Waals surface area (Å²) in [6.45, 7) is 7.33. The topological polar surface area (TPSA) is 15.3 Å². The van der Waals surface area contributed by atoms with Crippen molar-refractivity contribution in [2.75, 3.05) is 26.7 Å². The maximum atomic E-state index is 13.2. The van der Waals surface area contributed by atoms with Gasteiger partial charge in [0.2, 0.25) is 0 Å². The quantitative estimate of drug-likeness (QED) is 0.911. The van der Waals surface area contributed by atoms with Gasteiger partial charge in [-0.05, 0) is 63.0 Å². The van der Waals surface area contributed by atoms with E-state index >= 15 is 0 Å². The van der Waals surface area contributed by atoms with Crippen LogP contribution in [0, 0.1) is 17.0 Å². The molecule has 1 unspecified atom stereocenters. The Bertz CT molecular complexity index is 434. The number of piperidine rings is 1. The van der Waals surface area contributed by atoms with Gasteiger partial charge in [0.15, 0.2) is 0 Å². The predicted molar refractivity (Wildman–Crippen MR) is 77.6 cm³/mol. The molecule has 2 rings (SSSR count). The van der Waals surface area contributed by atoms with E-state index in [-0.39, 0.29) is 11.5 Å². The van der Waals surface area contributed by atoms with Gasteiger partial charge in [-0.15, -0.1) is 0 Å². The smallest absolute Gasteiger partial charge is 0.126 e. The first kappa shape index (κ1) is 15.4. The molecule has 1 fully saturated rings. The molecule has 1 N–H and O–H groups in total. The van der Waals surface area contributed by atoms with E-state index in [1.54, 1.807) is 0 Å². The van der Waals surface area contributed by atoms with Gasteiger partial charge in [-0.1, -0.05) is 6.92 Å². The van der Waals surface area contributed by atoms with Crippen molar-refractivity contribution in [1.29, 1.82) is 0 Å². The number of nitrogens with one attached hydrogen (secondary N) is 1. The summed E-state index contributed by atoms with van der Waals surface area (Å²) >= 11 is 0. The van der Waals surface area contributed by atoms with Gasteiger partial charge in [-0.3, -0.25) is 0 Å². The van der Waals surface area contributed by atoms with Crippen LogP contribution < -0.4 is 5.32 Å². The second-order valence-electron chi connectivity index (χ2n) is 6.42. The molecule has 1 heterocycles. The highest BCUT2D eigenvalue weighted by molar-refractivity contribution is 5.20. The summed E-state index contributed by atoms with van der Waals surface area (Å²) < 4.78 is 26.5. The molecule has 20 heavy (non-hydrogen) atoms. The number of halogens is 2. The summed E-state index contributed by atoms with van der Waals surface area (Å²) in [4.78, 5) is 2.34. The van der Waals surface area contributed by atoms with Crippen LogP contribution >= 0.6 is 0 Å². The Balaban J connectivity index is 1.93. The number of likely N-dealkylation sites (tertiary alicyclic amines) is 1. The van der Waals surface area contributed by atoms with Crippen molar-refractivity contribution < 1.29 is 8.78 Å². The first-order valence-electron chi connectivity index (χ1n) is 7.26. The Morgan fingerprint density at radius 3 is 2.30 bits per heavy atom. The maximum absolute atomic E-state index is 13.2. The van der Waals surface area contributed by atoms with Crippen LogP contribution in [0.4, 0.5) is 8.78 Å². The second kappa shape index (κ2) is 6.19. The van der Waals surface area contributed by atoms with Crippen molar-refractivity contribution in [2.24, 2.45) is 5.41 Å². The van der Waals surface area contributed by atoms with Crippen molar-refractivity contribution in [3.8, 4) is 0 Å². The van der Waals surface area contributed by atoms with E-state index in [9.17, 15) is 8.78 Å². The van der Waals surface area contributed by atoms with Gasteiger partial charge in [0, 0.05) is 18.7 Å². The van der Waals surface area contributed by atoms with Crippen LogP contribution in [-0.2, 0) is 0 Å². The average Bonchev–Trinajstić information content (AvgIpc) is 2.39. The summed E-state index contributed by atoms with van der Waals surface area (Å²) in [6, 6.07) is 3.67. The van der Waals surface area contributed by atoms with E-state index in [1.807, 2.05) is 6.92 Å². The zero-order valence-electron chi connectivity index (χ0n) is 12.5. The van der Waals surface area contributed by atoms with Crippen LogP contribution in [0.25, 0.3) is 0 Å². The van der Waals surface area contributed by atoms with Crippen LogP contribution in [0.2, 0.25) is 0 Å². The van der Waals surface area contributed by atoms with Gasteiger partial charge in [-0.2, -0.15) is 0 Å². The fourth-order valence-corrected chi connectivity index (χ4v) is 2.68. The van der Waals surface area contributed by atoms with Crippen molar-refractivity contribution >= 4 is 0 Å². The first-order chi connectivity index (χ1) is 9.38. The summed E-state index contributed by atoms with van der Waals surface area (Å²) in [6.07, 6.45) is 2.31. The van der Waals surface area contributed by atoms with Gasteiger partial charge >= 0.3 is 0 Å². The zero-order chi connectivity index (χ0) is 14.8. The minimum Gasteiger partial charge on any atom is -0.310 e. The van der Waals surface area contributed by atoms with Crippen molar-refractivity contribution in [2.45, 2.75) is 32.7 Å². The molecule has 0 radical (unpaired) electrons. The molecule has 0 amide bonds. The lowest BCUT2D eigenvalue weighted by Crippen LogP contribution is -2.42. The molecule has 1 atom stereocenters. The van der Waals surface area contributed by atoms with Gasteiger partial charge < -0.3 is 10.2 Å². The number of rotatable bonds is 4. The van der Waals surface area contributed by atoms with Crippen molar-refractivity contribution in [3.05, 3.63) is 35.4 Å². The van der Waals surface area contributed by atoms with E-state index in [1.165, 1.54) is 12.1 Å². The summed E-state index contributed by atoms with van der Waals surface area (Å²) in [5.74, 6) is -1.03. The zero-order valence-corrected chi connectivity index (χ0v) is 12.5. The first-order valence-corrected chi connectivity index (χ1v) is 7.26. The molecule has 0 spiro atoms. The Hall–Kier alpha value is -1.00. The van der Waals surface area contributed by atoms with E-state index in [0.29, 0.717) is 5.56 Å². The molecule has 1 saturated heterocycles. The molecule has 2 nitrogen and oxygen atoms in total. The monoisotopic (exact) mass is 282 g/mol. The third kappa shape index (κ3) is 4.00. The summed E-state index contributed by atoms with van der Waals surface area (Å²) in [7, 11) is 2.14. The minimum atomic E-state index is -0.515. The lowest BCUT2D eigenvalue weighted by molar-refractivity contribution is 0.134. The Kier molecular flexibility index (Phi) is 4.76. The number of benzene rings is 1. The van der Waals surface area contributed by atoms with Gasteiger partial charge in [0.1, 0.15) is 11.6 Å². The molecule has 0 aromatic heterocycles. The predicted octanol–water partition coefficient (Wildman–Crippen LogP) is 3.35. The van der Waals surface area contributed by atoms with E-state index in [0.717, 1.165) is 38.5 Å². The van der Waals surface area contributed by atoms with Crippen LogP contribution in [-0.4, -0.2) is 31.6 Å². The third-order valence-corrected chi connectivity index (χ3v) is 4.41. The highest BCUT2D eigenvalue weighted by atomic mass is 19.1. The summed E-state index contributed by atoms with van der Waals surface area (Å²) in [5.41, 5.74) is 0.936. The van der Waals surface area contributed by atoms with Crippen LogP contribution in [0.1, 0.15) is 38.3 Å². The van der Waals surface area contributed by atoms with Gasteiger partial charge in [0.05, 0.1) is 0 Å². The molecule has 1 aromatic carbocycles. The molecule has 1 aromatic rings. The minimum absolute atomic E-state index is 0.0447. The number of nitrogens with zero attached hydrogens (tertiary/aromatic N) is 1. The second-order valence-corrected chi connectivity index (χ2v) is 6.42. The molecule has 0 saturated carbocycles. The highest BCUT2D eigenvalue weighted by Gasteiger charge is 2.29. The van der Waals surface area contributed by atoms with Crippen LogP contribution in [0.15, 0.2) is 18.2 Å².